The first-order chi connectivity index (χ1) is 16.7. The Bertz CT molecular complexity index is 1220. The van der Waals surface area contributed by atoms with Crippen LogP contribution in [0.2, 0.25) is 0 Å². The van der Waals surface area contributed by atoms with Crippen molar-refractivity contribution in [2.75, 3.05) is 24.6 Å². The van der Waals surface area contributed by atoms with Gasteiger partial charge >= 0.3 is 0 Å². The summed E-state index contributed by atoms with van der Waals surface area (Å²) in [4.78, 5) is 14.9. The predicted molar refractivity (Wildman–Crippen MR) is 132 cm³/mol. The van der Waals surface area contributed by atoms with Crippen molar-refractivity contribution in [2.24, 2.45) is 0 Å². The van der Waals surface area contributed by atoms with Crippen LogP contribution in [0.5, 0.6) is 0 Å². The molecule has 3 aromatic rings. The summed E-state index contributed by atoms with van der Waals surface area (Å²) in [6, 6.07) is 16.2. The Morgan fingerprint density at radius 1 is 1.24 bits per heavy atom. The highest BCUT2D eigenvalue weighted by Gasteiger charge is 2.27. The zero-order valence-corrected chi connectivity index (χ0v) is 19.7. The third-order valence-corrected chi connectivity index (χ3v) is 6.87. The minimum absolute atomic E-state index is 0.104. The standard InChI is InChI=1S/C27H31N5O2/c1-2-25(33)31(22-9-6-13-29-18-22)21-8-5-7-20(16-21)27-23-15-19(17-28)11-12-24(23)32(30-27)26-10-3-4-14-34-26/h5,7-8,11-12,15-16,22,26,29H,2-4,6,9-10,13-14,18H2,1H3. The molecule has 1 aromatic heterocycles. The summed E-state index contributed by atoms with van der Waals surface area (Å²) in [5.74, 6) is 0.128. The van der Waals surface area contributed by atoms with Crippen LogP contribution in [0.3, 0.4) is 0 Å². The first-order valence-electron chi connectivity index (χ1n) is 12.4. The number of fused-ring (bicyclic) bond motifs is 1. The lowest BCUT2D eigenvalue weighted by atomic mass is 10.0. The first-order valence-corrected chi connectivity index (χ1v) is 12.4. The maximum absolute atomic E-state index is 13.0. The summed E-state index contributed by atoms with van der Waals surface area (Å²) in [6.07, 6.45) is 5.51. The van der Waals surface area contributed by atoms with E-state index in [9.17, 15) is 10.1 Å². The number of ether oxygens (including phenoxy) is 1. The molecule has 2 aliphatic heterocycles. The van der Waals surface area contributed by atoms with Crippen molar-refractivity contribution < 1.29 is 9.53 Å². The molecule has 1 amide bonds. The van der Waals surface area contributed by atoms with Gasteiger partial charge in [-0.2, -0.15) is 10.4 Å². The molecule has 0 aliphatic carbocycles. The molecule has 2 aliphatic rings. The smallest absolute Gasteiger partial charge is 0.227 e. The SMILES string of the molecule is CCC(=O)N(c1cccc(-c2nn(C3CCCCO3)c3ccc(C#N)cc23)c1)C1CCCNC1. The Labute approximate surface area is 200 Å². The van der Waals surface area contributed by atoms with Gasteiger partial charge in [0.25, 0.3) is 0 Å². The molecule has 0 spiro atoms. The minimum atomic E-state index is -0.104. The van der Waals surface area contributed by atoms with E-state index in [1.165, 1.54) is 0 Å². The van der Waals surface area contributed by atoms with Crippen LogP contribution in [0, 0.1) is 11.3 Å². The van der Waals surface area contributed by atoms with Gasteiger partial charge in [-0.15, -0.1) is 0 Å². The lowest BCUT2D eigenvalue weighted by Crippen LogP contribution is -2.48. The maximum atomic E-state index is 13.0. The average Bonchev–Trinajstić information content (AvgIpc) is 3.29. The van der Waals surface area contributed by atoms with Crippen LogP contribution in [0.1, 0.15) is 57.2 Å². The number of carbonyl (C=O) groups is 1. The molecule has 176 valence electrons. The Balaban J connectivity index is 1.60. The largest absolute Gasteiger partial charge is 0.356 e. The van der Waals surface area contributed by atoms with Crippen LogP contribution in [-0.4, -0.2) is 41.4 Å². The van der Waals surface area contributed by atoms with Crippen molar-refractivity contribution >= 4 is 22.5 Å². The molecule has 2 fully saturated rings. The fourth-order valence-electron chi connectivity index (χ4n) is 5.15. The highest BCUT2D eigenvalue weighted by molar-refractivity contribution is 5.97. The number of nitriles is 1. The van der Waals surface area contributed by atoms with Crippen molar-refractivity contribution in [3.05, 3.63) is 48.0 Å². The van der Waals surface area contributed by atoms with Gasteiger partial charge in [0.1, 0.15) is 5.69 Å². The number of nitrogens with one attached hydrogen (secondary N) is 1. The summed E-state index contributed by atoms with van der Waals surface area (Å²) >= 11 is 0. The zero-order valence-electron chi connectivity index (χ0n) is 19.7. The van der Waals surface area contributed by atoms with Gasteiger partial charge < -0.3 is 15.0 Å². The molecule has 0 bridgehead atoms. The Morgan fingerprint density at radius 2 is 2.15 bits per heavy atom. The Kier molecular flexibility index (Phi) is 6.61. The monoisotopic (exact) mass is 457 g/mol. The number of piperidine rings is 1. The molecule has 5 rings (SSSR count). The summed E-state index contributed by atoms with van der Waals surface area (Å²) in [6.45, 7) is 4.45. The lowest BCUT2D eigenvalue weighted by molar-refractivity contribution is -0.118. The molecule has 0 saturated carbocycles. The van der Waals surface area contributed by atoms with Crippen molar-refractivity contribution in [3.63, 3.8) is 0 Å². The molecule has 3 heterocycles. The quantitative estimate of drug-likeness (QED) is 0.597. The molecule has 7 heteroatoms. The molecule has 1 N–H and O–H groups in total. The number of amides is 1. The fraction of sp³-hybridized carbons (Fsp3) is 0.444. The van der Waals surface area contributed by atoms with Crippen molar-refractivity contribution in [2.45, 2.75) is 57.7 Å². The molecular weight excluding hydrogens is 426 g/mol. The molecule has 0 radical (unpaired) electrons. The molecular formula is C27H31N5O2. The minimum Gasteiger partial charge on any atom is -0.356 e. The van der Waals surface area contributed by atoms with Gasteiger partial charge in [0.15, 0.2) is 6.23 Å². The van der Waals surface area contributed by atoms with E-state index in [1.54, 1.807) is 0 Å². The van der Waals surface area contributed by atoms with Crippen LogP contribution in [0.15, 0.2) is 42.5 Å². The molecule has 34 heavy (non-hydrogen) atoms. The van der Waals surface area contributed by atoms with Gasteiger partial charge in [0, 0.05) is 42.3 Å². The van der Waals surface area contributed by atoms with Crippen molar-refractivity contribution in [1.82, 2.24) is 15.1 Å². The summed E-state index contributed by atoms with van der Waals surface area (Å²) in [5.41, 5.74) is 4.21. The van der Waals surface area contributed by atoms with E-state index in [1.807, 2.05) is 52.9 Å². The maximum Gasteiger partial charge on any atom is 0.227 e. The van der Waals surface area contributed by atoms with Gasteiger partial charge in [-0.1, -0.05) is 19.1 Å². The van der Waals surface area contributed by atoms with Crippen LogP contribution in [-0.2, 0) is 9.53 Å². The Hall–Kier alpha value is -3.21. The van der Waals surface area contributed by atoms with E-state index in [-0.39, 0.29) is 18.2 Å². The number of anilines is 1. The van der Waals surface area contributed by atoms with E-state index in [2.05, 4.69) is 17.5 Å². The average molecular weight is 458 g/mol. The van der Waals surface area contributed by atoms with Gasteiger partial charge in [-0.05, 0) is 69.0 Å². The zero-order chi connectivity index (χ0) is 23.5. The predicted octanol–water partition coefficient (Wildman–Crippen LogP) is 4.77. The number of aromatic nitrogens is 2. The third-order valence-electron chi connectivity index (χ3n) is 6.87. The van der Waals surface area contributed by atoms with E-state index < -0.39 is 0 Å². The molecule has 2 aromatic carbocycles. The highest BCUT2D eigenvalue weighted by atomic mass is 16.5. The number of hydrogen-bond donors (Lipinski definition) is 1. The first kappa shape index (κ1) is 22.6. The number of carbonyl (C=O) groups excluding carboxylic acids is 1. The second-order valence-corrected chi connectivity index (χ2v) is 9.13. The van der Waals surface area contributed by atoms with Crippen LogP contribution >= 0.6 is 0 Å². The normalized spacial score (nSPS) is 20.7. The fourth-order valence-corrected chi connectivity index (χ4v) is 5.15. The Morgan fingerprint density at radius 3 is 2.88 bits per heavy atom. The van der Waals surface area contributed by atoms with E-state index in [0.717, 1.165) is 79.6 Å². The highest BCUT2D eigenvalue weighted by Crippen LogP contribution is 2.35. The summed E-state index contributed by atoms with van der Waals surface area (Å²) < 4.78 is 8.01. The van der Waals surface area contributed by atoms with E-state index in [4.69, 9.17) is 9.84 Å². The second-order valence-electron chi connectivity index (χ2n) is 9.13. The number of rotatable bonds is 5. The number of benzene rings is 2. The molecule has 2 unspecified atom stereocenters. The molecule has 2 saturated heterocycles. The van der Waals surface area contributed by atoms with Crippen LogP contribution in [0.4, 0.5) is 5.69 Å². The summed E-state index contributed by atoms with van der Waals surface area (Å²) in [7, 11) is 0. The lowest BCUT2D eigenvalue weighted by Gasteiger charge is -2.35. The van der Waals surface area contributed by atoms with Gasteiger partial charge in [0.05, 0.1) is 17.1 Å². The third kappa shape index (κ3) is 4.31. The molecule has 7 nitrogen and oxygen atoms in total. The van der Waals surface area contributed by atoms with Gasteiger partial charge in [-0.25, -0.2) is 4.68 Å². The summed E-state index contributed by atoms with van der Waals surface area (Å²) in [5, 5.41) is 18.9. The van der Waals surface area contributed by atoms with E-state index in [0.29, 0.717) is 12.0 Å². The van der Waals surface area contributed by atoms with Crippen LogP contribution in [0.25, 0.3) is 22.2 Å². The van der Waals surface area contributed by atoms with Crippen molar-refractivity contribution in [1.29, 1.82) is 5.26 Å². The van der Waals surface area contributed by atoms with Crippen molar-refractivity contribution in [3.8, 4) is 17.3 Å². The molecule has 2 atom stereocenters. The van der Waals surface area contributed by atoms with E-state index >= 15 is 0 Å². The number of nitrogens with zero attached hydrogens (tertiary/aromatic N) is 4. The topological polar surface area (TPSA) is 83.2 Å². The number of hydrogen-bond acceptors (Lipinski definition) is 5. The second kappa shape index (κ2) is 9.96. The van der Waals surface area contributed by atoms with Gasteiger partial charge in [-0.3, -0.25) is 4.79 Å². The van der Waals surface area contributed by atoms with Gasteiger partial charge in [0.2, 0.25) is 5.91 Å². The van der Waals surface area contributed by atoms with Crippen LogP contribution < -0.4 is 10.2 Å².